The van der Waals surface area contributed by atoms with Crippen LogP contribution in [-0.4, -0.2) is 22.4 Å². The first-order chi connectivity index (χ1) is 9.74. The maximum Gasteiger partial charge on any atom is 0.302 e. The smallest absolute Gasteiger partial charge is 0.302 e. The standard InChI is InChI=1S/C16H18N2O2/c1-12(19)20-11-13-7-8-16-14(9-13)10-17-18(16)15-5-3-2-4-6-15/h2-6,10,13H,7-9,11H2,1H3. The molecule has 1 aliphatic carbocycles. The summed E-state index contributed by atoms with van der Waals surface area (Å²) in [5.74, 6) is 0.218. The molecule has 0 aliphatic heterocycles. The molecular formula is C16H18N2O2. The van der Waals surface area contributed by atoms with Crippen LogP contribution >= 0.6 is 0 Å². The van der Waals surface area contributed by atoms with Crippen LogP contribution in [-0.2, 0) is 22.4 Å². The van der Waals surface area contributed by atoms with E-state index in [1.165, 1.54) is 18.2 Å². The molecule has 0 radical (unpaired) electrons. The average molecular weight is 270 g/mol. The molecule has 0 N–H and O–H groups in total. The SMILES string of the molecule is CC(=O)OCC1CCc2c(cnn2-c2ccccc2)C1. The highest BCUT2D eigenvalue weighted by Crippen LogP contribution is 2.27. The van der Waals surface area contributed by atoms with Crippen molar-refractivity contribution < 1.29 is 9.53 Å². The van der Waals surface area contributed by atoms with E-state index in [0.717, 1.165) is 24.9 Å². The second kappa shape index (κ2) is 5.49. The first-order valence-electron chi connectivity index (χ1n) is 6.98. The van der Waals surface area contributed by atoms with Gasteiger partial charge in [-0.15, -0.1) is 0 Å². The van der Waals surface area contributed by atoms with E-state index in [9.17, 15) is 4.79 Å². The average Bonchev–Trinajstić information content (AvgIpc) is 2.89. The maximum absolute atomic E-state index is 10.9. The van der Waals surface area contributed by atoms with E-state index in [0.29, 0.717) is 12.5 Å². The van der Waals surface area contributed by atoms with Crippen molar-refractivity contribution in [2.45, 2.75) is 26.2 Å². The number of fused-ring (bicyclic) bond motifs is 1. The Bertz CT molecular complexity index is 604. The van der Waals surface area contributed by atoms with Crippen molar-refractivity contribution in [3.05, 3.63) is 47.8 Å². The monoisotopic (exact) mass is 270 g/mol. The molecule has 1 aliphatic rings. The Morgan fingerprint density at radius 2 is 2.20 bits per heavy atom. The molecule has 2 aromatic rings. The fourth-order valence-corrected chi connectivity index (χ4v) is 2.77. The fraction of sp³-hybridized carbons (Fsp3) is 0.375. The van der Waals surface area contributed by atoms with Gasteiger partial charge in [0.2, 0.25) is 0 Å². The van der Waals surface area contributed by atoms with Crippen LogP contribution in [0.4, 0.5) is 0 Å². The normalized spacial score (nSPS) is 17.6. The van der Waals surface area contributed by atoms with Crippen molar-refractivity contribution in [1.82, 2.24) is 9.78 Å². The summed E-state index contributed by atoms with van der Waals surface area (Å²) in [6.45, 7) is 1.98. The molecule has 0 amide bonds. The van der Waals surface area contributed by atoms with E-state index in [2.05, 4.69) is 17.2 Å². The molecule has 104 valence electrons. The largest absolute Gasteiger partial charge is 0.466 e. The van der Waals surface area contributed by atoms with Crippen molar-refractivity contribution in [2.24, 2.45) is 5.92 Å². The quantitative estimate of drug-likeness (QED) is 0.805. The van der Waals surface area contributed by atoms with E-state index < -0.39 is 0 Å². The van der Waals surface area contributed by atoms with Gasteiger partial charge in [-0.05, 0) is 42.9 Å². The summed E-state index contributed by atoms with van der Waals surface area (Å²) in [5.41, 5.74) is 3.67. The Morgan fingerprint density at radius 3 is 2.95 bits per heavy atom. The summed E-state index contributed by atoms with van der Waals surface area (Å²) < 4.78 is 7.15. The molecule has 1 heterocycles. The van der Waals surface area contributed by atoms with Crippen LogP contribution in [0.15, 0.2) is 36.5 Å². The Kier molecular flexibility index (Phi) is 3.54. The number of hydrogen-bond donors (Lipinski definition) is 0. The van der Waals surface area contributed by atoms with Crippen molar-refractivity contribution in [3.63, 3.8) is 0 Å². The number of esters is 1. The zero-order valence-electron chi connectivity index (χ0n) is 11.6. The Morgan fingerprint density at radius 1 is 1.40 bits per heavy atom. The van der Waals surface area contributed by atoms with Crippen LogP contribution < -0.4 is 0 Å². The third kappa shape index (κ3) is 2.59. The van der Waals surface area contributed by atoms with Gasteiger partial charge >= 0.3 is 5.97 Å². The zero-order chi connectivity index (χ0) is 13.9. The second-order valence-electron chi connectivity index (χ2n) is 5.28. The van der Waals surface area contributed by atoms with Crippen molar-refractivity contribution in [1.29, 1.82) is 0 Å². The lowest BCUT2D eigenvalue weighted by Crippen LogP contribution is -2.21. The van der Waals surface area contributed by atoms with Gasteiger partial charge in [0, 0.05) is 12.6 Å². The summed E-state index contributed by atoms with van der Waals surface area (Å²) in [6.07, 6.45) is 4.91. The van der Waals surface area contributed by atoms with Crippen LogP contribution in [0.2, 0.25) is 0 Å². The summed E-state index contributed by atoms with van der Waals surface area (Å²) in [6, 6.07) is 10.2. The molecule has 0 fully saturated rings. The number of carbonyl (C=O) groups is 1. The number of hydrogen-bond acceptors (Lipinski definition) is 3. The van der Waals surface area contributed by atoms with Crippen molar-refractivity contribution >= 4 is 5.97 Å². The molecule has 0 spiro atoms. The van der Waals surface area contributed by atoms with Crippen molar-refractivity contribution in [2.75, 3.05) is 6.61 Å². The molecule has 1 unspecified atom stereocenters. The summed E-state index contributed by atoms with van der Waals surface area (Å²) in [7, 11) is 0. The van der Waals surface area contributed by atoms with Gasteiger partial charge in [0.15, 0.2) is 0 Å². The van der Waals surface area contributed by atoms with Gasteiger partial charge in [-0.3, -0.25) is 4.79 Å². The molecule has 0 saturated heterocycles. The van der Waals surface area contributed by atoms with Crippen LogP contribution in [0.25, 0.3) is 5.69 Å². The van der Waals surface area contributed by atoms with Gasteiger partial charge in [-0.25, -0.2) is 4.68 Å². The number of ether oxygens (including phenoxy) is 1. The van der Waals surface area contributed by atoms with Gasteiger partial charge in [0.25, 0.3) is 0 Å². The lowest BCUT2D eigenvalue weighted by Gasteiger charge is -2.22. The molecule has 4 nitrogen and oxygen atoms in total. The zero-order valence-corrected chi connectivity index (χ0v) is 11.6. The number of nitrogens with zero attached hydrogens (tertiary/aromatic N) is 2. The van der Waals surface area contributed by atoms with Crippen LogP contribution in [0.1, 0.15) is 24.6 Å². The minimum Gasteiger partial charge on any atom is -0.466 e. The Hall–Kier alpha value is -2.10. The third-order valence-electron chi connectivity index (χ3n) is 3.78. The number of benzene rings is 1. The second-order valence-corrected chi connectivity index (χ2v) is 5.28. The molecule has 20 heavy (non-hydrogen) atoms. The van der Waals surface area contributed by atoms with Crippen LogP contribution in [0.3, 0.4) is 0 Å². The Balaban J connectivity index is 1.77. The molecular weight excluding hydrogens is 252 g/mol. The molecule has 0 bridgehead atoms. The number of aromatic nitrogens is 2. The van der Waals surface area contributed by atoms with Crippen LogP contribution in [0.5, 0.6) is 0 Å². The van der Waals surface area contributed by atoms with E-state index in [1.807, 2.05) is 29.1 Å². The minimum absolute atomic E-state index is 0.198. The van der Waals surface area contributed by atoms with E-state index in [-0.39, 0.29) is 5.97 Å². The number of para-hydroxylation sites is 1. The molecule has 4 heteroatoms. The molecule has 3 rings (SSSR count). The van der Waals surface area contributed by atoms with E-state index in [4.69, 9.17) is 4.74 Å². The first-order valence-corrected chi connectivity index (χ1v) is 6.98. The van der Waals surface area contributed by atoms with Gasteiger partial charge < -0.3 is 4.74 Å². The molecule has 1 atom stereocenters. The highest BCUT2D eigenvalue weighted by atomic mass is 16.5. The van der Waals surface area contributed by atoms with Gasteiger partial charge in [-0.2, -0.15) is 5.10 Å². The predicted molar refractivity (Wildman–Crippen MR) is 75.7 cm³/mol. The lowest BCUT2D eigenvalue weighted by molar-refractivity contribution is -0.142. The predicted octanol–water partition coefficient (Wildman–Crippen LogP) is 2.54. The number of rotatable bonds is 3. The molecule has 1 aromatic carbocycles. The van der Waals surface area contributed by atoms with Gasteiger partial charge in [-0.1, -0.05) is 18.2 Å². The number of carbonyl (C=O) groups excluding carboxylic acids is 1. The highest BCUT2D eigenvalue weighted by molar-refractivity contribution is 5.65. The maximum atomic E-state index is 10.9. The van der Waals surface area contributed by atoms with E-state index >= 15 is 0 Å². The first kappa shape index (κ1) is 12.9. The third-order valence-corrected chi connectivity index (χ3v) is 3.78. The van der Waals surface area contributed by atoms with E-state index in [1.54, 1.807) is 0 Å². The molecule has 0 saturated carbocycles. The minimum atomic E-state index is -0.198. The molecule has 1 aromatic heterocycles. The lowest BCUT2D eigenvalue weighted by atomic mass is 9.88. The Labute approximate surface area is 118 Å². The summed E-state index contributed by atoms with van der Waals surface area (Å²) in [4.78, 5) is 10.9. The van der Waals surface area contributed by atoms with Gasteiger partial charge in [0.1, 0.15) is 0 Å². The summed E-state index contributed by atoms with van der Waals surface area (Å²) in [5, 5.41) is 4.51. The highest BCUT2D eigenvalue weighted by Gasteiger charge is 2.23. The van der Waals surface area contributed by atoms with Crippen LogP contribution in [0, 0.1) is 5.92 Å². The summed E-state index contributed by atoms with van der Waals surface area (Å²) >= 11 is 0. The van der Waals surface area contributed by atoms with Crippen molar-refractivity contribution in [3.8, 4) is 5.69 Å². The fourth-order valence-electron chi connectivity index (χ4n) is 2.77. The van der Waals surface area contributed by atoms with Gasteiger partial charge in [0.05, 0.1) is 18.5 Å². The topological polar surface area (TPSA) is 44.1 Å².